The Labute approximate surface area is 107 Å². The molecule has 0 amide bonds. The molecule has 0 atom stereocenters. The average molecular weight is 257 g/mol. The molecule has 0 heterocycles. The number of hydrogen-bond donors (Lipinski definition) is 1. The van der Waals surface area contributed by atoms with Crippen LogP contribution in [-0.2, 0) is 16.1 Å². The van der Waals surface area contributed by atoms with Crippen LogP contribution in [0.5, 0.6) is 0 Å². The van der Waals surface area contributed by atoms with Crippen molar-refractivity contribution in [1.82, 2.24) is 0 Å². The van der Waals surface area contributed by atoms with Crippen molar-refractivity contribution in [2.75, 3.05) is 13.2 Å². The first-order chi connectivity index (χ1) is 8.24. The molecule has 17 heavy (non-hydrogen) atoms. The van der Waals surface area contributed by atoms with Crippen molar-refractivity contribution in [3.63, 3.8) is 0 Å². The summed E-state index contributed by atoms with van der Waals surface area (Å²) in [4.78, 5) is 11.1. The second kappa shape index (κ2) is 8.09. The van der Waals surface area contributed by atoms with Crippen LogP contribution in [-0.4, -0.2) is 19.1 Å². The van der Waals surface area contributed by atoms with Crippen LogP contribution >= 0.6 is 11.6 Å². The van der Waals surface area contributed by atoms with E-state index in [9.17, 15) is 4.79 Å². The highest BCUT2D eigenvalue weighted by molar-refractivity contribution is 6.31. The van der Waals surface area contributed by atoms with E-state index in [0.29, 0.717) is 13.0 Å². The first-order valence-corrected chi connectivity index (χ1v) is 6.32. The van der Waals surface area contributed by atoms with Crippen molar-refractivity contribution in [1.29, 1.82) is 0 Å². The van der Waals surface area contributed by atoms with E-state index >= 15 is 0 Å². The van der Waals surface area contributed by atoms with Crippen molar-refractivity contribution in [2.45, 2.75) is 26.3 Å². The van der Waals surface area contributed by atoms with E-state index in [-0.39, 0.29) is 5.97 Å². The predicted octanol–water partition coefficient (Wildman–Crippen LogP) is 1.75. The van der Waals surface area contributed by atoms with Gasteiger partial charge in [0.25, 0.3) is 0 Å². The average Bonchev–Trinajstić information content (AvgIpc) is 2.31. The van der Waals surface area contributed by atoms with Gasteiger partial charge in [-0.05, 0) is 13.0 Å². The van der Waals surface area contributed by atoms with Gasteiger partial charge in [-0.25, -0.2) is 0 Å². The van der Waals surface area contributed by atoms with Crippen molar-refractivity contribution in [3.05, 3.63) is 34.9 Å². The summed E-state index contributed by atoms with van der Waals surface area (Å²) in [5.41, 5.74) is 1.13. The van der Waals surface area contributed by atoms with Gasteiger partial charge in [-0.3, -0.25) is 4.79 Å². The number of ether oxygens (including phenoxy) is 1. The van der Waals surface area contributed by atoms with Crippen LogP contribution in [0.15, 0.2) is 24.3 Å². The minimum absolute atomic E-state index is 0.112. The van der Waals surface area contributed by atoms with Gasteiger partial charge in [-0.1, -0.05) is 29.8 Å². The molecular weight excluding hydrogens is 238 g/mol. The van der Waals surface area contributed by atoms with E-state index in [1.54, 1.807) is 0 Å². The molecule has 0 unspecified atom stereocenters. The Bertz CT molecular complexity index is 355. The lowest BCUT2D eigenvalue weighted by Crippen LogP contribution is -2.82. The maximum atomic E-state index is 11.1. The van der Waals surface area contributed by atoms with Crippen LogP contribution in [0, 0.1) is 0 Å². The molecule has 0 spiro atoms. The molecule has 0 aliphatic carbocycles. The summed E-state index contributed by atoms with van der Waals surface area (Å²) in [5, 5.41) is 2.95. The van der Waals surface area contributed by atoms with Gasteiger partial charge in [0.1, 0.15) is 6.54 Å². The molecular formula is C13H19ClNO2+. The summed E-state index contributed by atoms with van der Waals surface area (Å²) in [6.45, 7) is 4.04. The van der Waals surface area contributed by atoms with E-state index in [1.165, 1.54) is 0 Å². The van der Waals surface area contributed by atoms with Gasteiger partial charge in [-0.15, -0.1) is 0 Å². The van der Waals surface area contributed by atoms with Crippen LogP contribution < -0.4 is 5.32 Å². The fourth-order valence-corrected chi connectivity index (χ4v) is 1.76. The summed E-state index contributed by atoms with van der Waals surface area (Å²) in [6, 6.07) is 7.81. The number of halogens is 1. The van der Waals surface area contributed by atoms with Crippen LogP contribution in [0.25, 0.3) is 0 Å². The highest BCUT2D eigenvalue weighted by atomic mass is 35.5. The number of carbonyl (C=O) groups is 1. The zero-order valence-electron chi connectivity index (χ0n) is 10.1. The SMILES string of the molecule is CCOC(=O)CCC[NH2+]Cc1ccccc1Cl. The number of nitrogens with two attached hydrogens (primary N) is 1. The smallest absolute Gasteiger partial charge is 0.305 e. The van der Waals surface area contributed by atoms with Crippen molar-refractivity contribution in [2.24, 2.45) is 0 Å². The molecule has 0 saturated carbocycles. The molecule has 94 valence electrons. The normalized spacial score (nSPS) is 10.2. The minimum Gasteiger partial charge on any atom is -0.466 e. The Hall–Kier alpha value is -1.06. The van der Waals surface area contributed by atoms with Crippen LogP contribution in [0.1, 0.15) is 25.3 Å². The molecule has 3 nitrogen and oxygen atoms in total. The Kier molecular flexibility index (Phi) is 6.67. The maximum Gasteiger partial charge on any atom is 0.305 e. The molecule has 0 saturated heterocycles. The fraction of sp³-hybridized carbons (Fsp3) is 0.462. The molecule has 1 rings (SSSR count). The third kappa shape index (κ3) is 5.71. The highest BCUT2D eigenvalue weighted by Gasteiger charge is 2.03. The standard InChI is InChI=1S/C13H18ClNO2/c1-2-17-13(16)8-5-9-15-10-11-6-3-4-7-12(11)14/h3-4,6-7,15H,2,5,8-10H2,1H3/p+1. The minimum atomic E-state index is -0.112. The topological polar surface area (TPSA) is 42.9 Å². The Morgan fingerprint density at radius 1 is 1.41 bits per heavy atom. The molecule has 4 heteroatoms. The number of hydrogen-bond acceptors (Lipinski definition) is 2. The second-order valence-electron chi connectivity index (χ2n) is 3.78. The van der Waals surface area contributed by atoms with Gasteiger partial charge in [0.2, 0.25) is 0 Å². The number of quaternary nitrogens is 1. The van der Waals surface area contributed by atoms with Crippen molar-refractivity contribution >= 4 is 17.6 Å². The number of esters is 1. The molecule has 0 fully saturated rings. The summed E-state index contributed by atoms with van der Waals surface area (Å²) < 4.78 is 4.85. The summed E-state index contributed by atoms with van der Waals surface area (Å²) >= 11 is 6.03. The van der Waals surface area contributed by atoms with Gasteiger partial charge < -0.3 is 10.1 Å². The lowest BCUT2D eigenvalue weighted by atomic mass is 10.2. The van der Waals surface area contributed by atoms with Gasteiger partial charge in [0, 0.05) is 17.0 Å². The Balaban J connectivity index is 2.13. The first kappa shape index (κ1) is 14.0. The monoisotopic (exact) mass is 256 g/mol. The van der Waals surface area contributed by atoms with E-state index < -0.39 is 0 Å². The Morgan fingerprint density at radius 2 is 2.18 bits per heavy atom. The third-order valence-electron chi connectivity index (χ3n) is 2.42. The van der Waals surface area contributed by atoms with Crippen molar-refractivity contribution < 1.29 is 14.8 Å². The van der Waals surface area contributed by atoms with E-state index in [0.717, 1.165) is 30.1 Å². The predicted molar refractivity (Wildman–Crippen MR) is 67.8 cm³/mol. The molecule has 1 aromatic carbocycles. The van der Waals surface area contributed by atoms with Gasteiger partial charge >= 0.3 is 5.97 Å². The number of rotatable bonds is 7. The van der Waals surface area contributed by atoms with E-state index in [2.05, 4.69) is 5.32 Å². The third-order valence-corrected chi connectivity index (χ3v) is 2.79. The van der Waals surface area contributed by atoms with Crippen LogP contribution in [0.2, 0.25) is 5.02 Å². The zero-order valence-corrected chi connectivity index (χ0v) is 10.9. The molecule has 0 aliphatic heterocycles. The maximum absolute atomic E-state index is 11.1. The van der Waals surface area contributed by atoms with Gasteiger partial charge in [-0.2, -0.15) is 0 Å². The second-order valence-corrected chi connectivity index (χ2v) is 4.19. The van der Waals surface area contributed by atoms with Gasteiger partial charge in [0.05, 0.1) is 19.6 Å². The highest BCUT2D eigenvalue weighted by Crippen LogP contribution is 2.12. The van der Waals surface area contributed by atoms with Crippen LogP contribution in [0.4, 0.5) is 0 Å². The number of benzene rings is 1. The van der Waals surface area contributed by atoms with Crippen molar-refractivity contribution in [3.8, 4) is 0 Å². The summed E-state index contributed by atoms with van der Waals surface area (Å²) in [7, 11) is 0. The molecule has 0 bridgehead atoms. The molecule has 0 aliphatic rings. The molecule has 0 aromatic heterocycles. The molecule has 0 radical (unpaired) electrons. The lowest BCUT2D eigenvalue weighted by molar-refractivity contribution is -0.670. The van der Waals surface area contributed by atoms with E-state index in [4.69, 9.17) is 16.3 Å². The van der Waals surface area contributed by atoms with Crippen LogP contribution in [0.3, 0.4) is 0 Å². The molecule has 2 N–H and O–H groups in total. The summed E-state index contributed by atoms with van der Waals surface area (Å²) in [5.74, 6) is -0.112. The largest absolute Gasteiger partial charge is 0.466 e. The summed E-state index contributed by atoms with van der Waals surface area (Å²) in [6.07, 6.45) is 1.33. The Morgan fingerprint density at radius 3 is 2.88 bits per heavy atom. The quantitative estimate of drug-likeness (QED) is 0.597. The van der Waals surface area contributed by atoms with E-state index in [1.807, 2.05) is 31.2 Å². The van der Waals surface area contributed by atoms with Gasteiger partial charge in [0.15, 0.2) is 0 Å². The fourth-order valence-electron chi connectivity index (χ4n) is 1.55. The molecule has 1 aromatic rings. The number of carbonyl (C=O) groups excluding carboxylic acids is 1. The first-order valence-electron chi connectivity index (χ1n) is 5.94. The zero-order chi connectivity index (χ0) is 12.5. The lowest BCUT2D eigenvalue weighted by Gasteiger charge is -2.04.